The van der Waals surface area contributed by atoms with Crippen LogP contribution in [0.2, 0.25) is 5.02 Å². The maximum atomic E-state index is 12.7. The molecular formula is C18H18ClN5O. The van der Waals surface area contributed by atoms with E-state index in [0.29, 0.717) is 17.3 Å². The lowest BCUT2D eigenvalue weighted by Crippen LogP contribution is -2.39. The van der Waals surface area contributed by atoms with E-state index in [9.17, 15) is 4.79 Å². The number of halogens is 1. The van der Waals surface area contributed by atoms with E-state index in [1.165, 1.54) is 6.20 Å². The molecule has 1 aliphatic rings. The zero-order valence-electron chi connectivity index (χ0n) is 13.6. The summed E-state index contributed by atoms with van der Waals surface area (Å²) in [5.41, 5.74) is 3.67. The Labute approximate surface area is 150 Å². The Morgan fingerprint density at radius 3 is 2.72 bits per heavy atom. The molecule has 0 saturated carbocycles. The minimum atomic E-state index is -0.104. The van der Waals surface area contributed by atoms with Gasteiger partial charge in [-0.15, -0.1) is 0 Å². The highest BCUT2D eigenvalue weighted by molar-refractivity contribution is 6.33. The van der Waals surface area contributed by atoms with Gasteiger partial charge >= 0.3 is 0 Å². The predicted molar refractivity (Wildman–Crippen MR) is 95.5 cm³/mol. The molecule has 2 N–H and O–H groups in total. The fourth-order valence-electron chi connectivity index (χ4n) is 3.43. The van der Waals surface area contributed by atoms with Gasteiger partial charge in [-0.25, -0.2) is 0 Å². The number of nitrogens with one attached hydrogen (secondary N) is 2. The molecule has 1 fully saturated rings. The van der Waals surface area contributed by atoms with Gasteiger partial charge in [-0.05, 0) is 18.4 Å². The minimum absolute atomic E-state index is 0.104. The van der Waals surface area contributed by atoms with Crippen LogP contribution in [0.1, 0.15) is 34.9 Å². The molecule has 0 bridgehead atoms. The van der Waals surface area contributed by atoms with E-state index in [1.54, 1.807) is 0 Å². The van der Waals surface area contributed by atoms with Crippen LogP contribution in [-0.4, -0.2) is 44.3 Å². The van der Waals surface area contributed by atoms with Crippen LogP contribution in [0.25, 0.3) is 11.1 Å². The third kappa shape index (κ3) is 3.05. The molecule has 1 saturated heterocycles. The van der Waals surface area contributed by atoms with Crippen molar-refractivity contribution in [1.29, 1.82) is 0 Å². The number of carbonyl (C=O) groups is 1. The third-order valence-electron chi connectivity index (χ3n) is 4.68. The van der Waals surface area contributed by atoms with Crippen LogP contribution in [0.4, 0.5) is 0 Å². The number of likely N-dealkylation sites (tertiary alicyclic amines) is 1. The van der Waals surface area contributed by atoms with Crippen molar-refractivity contribution in [2.75, 3.05) is 13.1 Å². The van der Waals surface area contributed by atoms with Gasteiger partial charge in [0.1, 0.15) is 5.69 Å². The van der Waals surface area contributed by atoms with Crippen molar-refractivity contribution < 1.29 is 4.79 Å². The van der Waals surface area contributed by atoms with Gasteiger partial charge in [0.15, 0.2) is 0 Å². The van der Waals surface area contributed by atoms with Gasteiger partial charge in [-0.2, -0.15) is 10.2 Å². The van der Waals surface area contributed by atoms with Gasteiger partial charge in [0, 0.05) is 30.3 Å². The number of hydrogen-bond donors (Lipinski definition) is 2. The van der Waals surface area contributed by atoms with Crippen LogP contribution in [0, 0.1) is 0 Å². The SMILES string of the molecule is O=C(c1[nH]ncc1Cl)N1CCCC(c2[nH]ncc2-c2ccccc2)C1. The maximum Gasteiger partial charge on any atom is 0.273 e. The summed E-state index contributed by atoms with van der Waals surface area (Å²) in [6.45, 7) is 1.36. The number of aromatic nitrogens is 4. The molecule has 3 aromatic rings. The van der Waals surface area contributed by atoms with Crippen LogP contribution < -0.4 is 0 Å². The Morgan fingerprint density at radius 1 is 1.16 bits per heavy atom. The molecule has 0 radical (unpaired) electrons. The lowest BCUT2D eigenvalue weighted by Gasteiger charge is -2.32. The van der Waals surface area contributed by atoms with Crippen LogP contribution in [0.3, 0.4) is 0 Å². The molecule has 1 atom stereocenters. The Kier molecular flexibility index (Phi) is 4.28. The number of benzene rings is 1. The molecule has 25 heavy (non-hydrogen) atoms. The molecule has 4 rings (SSSR count). The summed E-state index contributed by atoms with van der Waals surface area (Å²) in [4.78, 5) is 14.5. The van der Waals surface area contributed by atoms with E-state index >= 15 is 0 Å². The second-order valence-corrected chi connectivity index (χ2v) is 6.65. The van der Waals surface area contributed by atoms with E-state index in [4.69, 9.17) is 11.6 Å². The molecule has 0 aliphatic carbocycles. The summed E-state index contributed by atoms with van der Waals surface area (Å²) in [5, 5.41) is 14.3. The average molecular weight is 356 g/mol. The maximum absolute atomic E-state index is 12.7. The van der Waals surface area contributed by atoms with Crippen molar-refractivity contribution in [3.8, 4) is 11.1 Å². The topological polar surface area (TPSA) is 77.7 Å². The average Bonchev–Trinajstić information content (AvgIpc) is 3.31. The highest BCUT2D eigenvalue weighted by Crippen LogP contribution is 2.33. The molecule has 6 nitrogen and oxygen atoms in total. The third-order valence-corrected chi connectivity index (χ3v) is 4.96. The highest BCUT2D eigenvalue weighted by Gasteiger charge is 2.29. The van der Waals surface area contributed by atoms with Gasteiger partial charge in [-0.1, -0.05) is 41.9 Å². The summed E-state index contributed by atoms with van der Waals surface area (Å²) in [6.07, 6.45) is 5.27. The molecule has 2 aromatic heterocycles. The van der Waals surface area contributed by atoms with E-state index in [2.05, 4.69) is 32.5 Å². The normalized spacial score (nSPS) is 17.6. The number of carbonyl (C=O) groups excluding carboxylic acids is 1. The highest BCUT2D eigenvalue weighted by atomic mass is 35.5. The van der Waals surface area contributed by atoms with Crippen molar-refractivity contribution in [3.63, 3.8) is 0 Å². The molecule has 7 heteroatoms. The van der Waals surface area contributed by atoms with Crippen molar-refractivity contribution in [2.24, 2.45) is 0 Å². The van der Waals surface area contributed by atoms with E-state index in [-0.39, 0.29) is 11.8 Å². The number of nitrogens with zero attached hydrogens (tertiary/aromatic N) is 3. The lowest BCUT2D eigenvalue weighted by atomic mass is 9.90. The minimum Gasteiger partial charge on any atom is -0.337 e. The van der Waals surface area contributed by atoms with Gasteiger partial charge in [0.2, 0.25) is 0 Å². The van der Waals surface area contributed by atoms with Crippen LogP contribution in [-0.2, 0) is 0 Å². The number of rotatable bonds is 3. The standard InChI is InChI=1S/C18H18ClN5O/c19-15-10-21-23-17(15)18(25)24-8-4-7-13(11-24)16-14(9-20-22-16)12-5-2-1-3-6-12/h1-3,5-6,9-10,13H,4,7-8,11H2,(H,20,22)(H,21,23). The lowest BCUT2D eigenvalue weighted by molar-refractivity contribution is 0.0700. The number of aromatic amines is 2. The summed E-state index contributed by atoms with van der Waals surface area (Å²) in [5.74, 6) is 0.116. The number of piperidine rings is 1. The Bertz CT molecular complexity index is 872. The Balaban J connectivity index is 1.58. The Hall–Kier alpha value is -2.60. The van der Waals surface area contributed by atoms with Crippen LogP contribution in [0.15, 0.2) is 42.7 Å². The monoisotopic (exact) mass is 355 g/mol. The molecule has 0 spiro atoms. The summed E-state index contributed by atoms with van der Waals surface area (Å²) in [6, 6.07) is 10.2. The van der Waals surface area contributed by atoms with Gasteiger partial charge in [0.25, 0.3) is 5.91 Å². The largest absolute Gasteiger partial charge is 0.337 e. The van der Waals surface area contributed by atoms with E-state index < -0.39 is 0 Å². The second kappa shape index (κ2) is 6.72. The first kappa shape index (κ1) is 15.9. The predicted octanol–water partition coefficient (Wildman–Crippen LogP) is 3.47. The van der Waals surface area contributed by atoms with Gasteiger partial charge in [-0.3, -0.25) is 15.0 Å². The molecule has 1 aliphatic heterocycles. The summed E-state index contributed by atoms with van der Waals surface area (Å²) >= 11 is 6.04. The fourth-order valence-corrected chi connectivity index (χ4v) is 3.60. The number of amides is 1. The zero-order chi connectivity index (χ0) is 17.2. The van der Waals surface area contributed by atoms with Crippen molar-refractivity contribution in [3.05, 3.63) is 59.1 Å². The van der Waals surface area contributed by atoms with Crippen molar-refractivity contribution in [2.45, 2.75) is 18.8 Å². The summed E-state index contributed by atoms with van der Waals surface area (Å²) < 4.78 is 0. The molecule has 1 unspecified atom stereocenters. The molecule has 3 heterocycles. The number of H-pyrrole nitrogens is 2. The first-order valence-electron chi connectivity index (χ1n) is 8.31. The second-order valence-electron chi connectivity index (χ2n) is 6.25. The fraction of sp³-hybridized carbons (Fsp3) is 0.278. The molecule has 1 aromatic carbocycles. The zero-order valence-corrected chi connectivity index (χ0v) is 14.3. The first-order valence-corrected chi connectivity index (χ1v) is 8.68. The smallest absolute Gasteiger partial charge is 0.273 e. The first-order chi connectivity index (χ1) is 12.2. The van der Waals surface area contributed by atoms with E-state index in [0.717, 1.165) is 36.2 Å². The molecular weight excluding hydrogens is 338 g/mol. The molecule has 1 amide bonds. The Morgan fingerprint density at radius 2 is 1.96 bits per heavy atom. The summed E-state index contributed by atoms with van der Waals surface area (Å²) in [7, 11) is 0. The van der Waals surface area contributed by atoms with Crippen LogP contribution in [0.5, 0.6) is 0 Å². The quantitative estimate of drug-likeness (QED) is 0.755. The van der Waals surface area contributed by atoms with E-state index in [1.807, 2.05) is 29.3 Å². The van der Waals surface area contributed by atoms with Gasteiger partial charge < -0.3 is 4.90 Å². The number of hydrogen-bond acceptors (Lipinski definition) is 3. The molecule has 128 valence electrons. The van der Waals surface area contributed by atoms with Crippen molar-refractivity contribution in [1.82, 2.24) is 25.3 Å². The van der Waals surface area contributed by atoms with Gasteiger partial charge in [0.05, 0.1) is 17.4 Å². The van der Waals surface area contributed by atoms with Crippen molar-refractivity contribution >= 4 is 17.5 Å². The van der Waals surface area contributed by atoms with Crippen LogP contribution >= 0.6 is 11.6 Å².